The summed E-state index contributed by atoms with van der Waals surface area (Å²) in [5.41, 5.74) is 1.15. The summed E-state index contributed by atoms with van der Waals surface area (Å²) in [4.78, 5) is 16.8. The van der Waals surface area contributed by atoms with Gasteiger partial charge in [-0.05, 0) is 31.5 Å². The van der Waals surface area contributed by atoms with Crippen molar-refractivity contribution in [3.05, 3.63) is 23.9 Å². The largest absolute Gasteiger partial charge is 0.384 e. The molecule has 0 aliphatic carbocycles. The van der Waals surface area contributed by atoms with Gasteiger partial charge in [0, 0.05) is 65.0 Å². The zero-order valence-corrected chi connectivity index (χ0v) is 17.7. The Morgan fingerprint density at radius 1 is 1.21 bits per heavy atom. The number of hydrogen-bond acceptors (Lipinski definition) is 5. The molecule has 7 nitrogen and oxygen atoms in total. The number of methoxy groups -OCH3 is 1. The number of guanidine groups is 1. The number of ether oxygens (including phenoxy) is 1. The number of aromatic nitrogens is 1. The van der Waals surface area contributed by atoms with Crippen molar-refractivity contribution in [2.45, 2.75) is 26.8 Å². The van der Waals surface area contributed by atoms with Crippen LogP contribution in [0.1, 0.15) is 25.8 Å². The van der Waals surface area contributed by atoms with Crippen LogP contribution in [0.3, 0.4) is 0 Å². The molecule has 3 heterocycles. The summed E-state index contributed by atoms with van der Waals surface area (Å²) in [5.74, 6) is 2.68. The highest BCUT2D eigenvalue weighted by Gasteiger charge is 2.24. The first-order valence-electron chi connectivity index (χ1n) is 10.7. The van der Waals surface area contributed by atoms with Crippen molar-refractivity contribution in [3.63, 3.8) is 0 Å². The first kappa shape index (κ1) is 20.9. The summed E-state index contributed by atoms with van der Waals surface area (Å²) in [6.07, 6.45) is 3.14. The van der Waals surface area contributed by atoms with Crippen molar-refractivity contribution >= 4 is 11.8 Å². The molecule has 1 atom stereocenters. The van der Waals surface area contributed by atoms with E-state index in [4.69, 9.17) is 14.7 Å². The van der Waals surface area contributed by atoms with Crippen molar-refractivity contribution in [2.75, 3.05) is 71.0 Å². The molecule has 2 saturated heterocycles. The second-order valence-corrected chi connectivity index (χ2v) is 7.67. The Labute approximate surface area is 169 Å². The first-order chi connectivity index (χ1) is 13.7. The van der Waals surface area contributed by atoms with Crippen molar-refractivity contribution in [1.82, 2.24) is 20.1 Å². The zero-order valence-electron chi connectivity index (χ0n) is 17.7. The van der Waals surface area contributed by atoms with E-state index >= 15 is 0 Å². The minimum absolute atomic E-state index is 0.600. The van der Waals surface area contributed by atoms with Gasteiger partial charge in [0.1, 0.15) is 5.82 Å². The van der Waals surface area contributed by atoms with Gasteiger partial charge in [0.15, 0.2) is 5.96 Å². The maximum atomic E-state index is 5.31. The van der Waals surface area contributed by atoms with E-state index in [1.807, 2.05) is 6.20 Å². The number of nitrogens with one attached hydrogen (secondary N) is 1. The van der Waals surface area contributed by atoms with E-state index in [0.717, 1.165) is 76.3 Å². The fraction of sp³-hybridized carbons (Fsp3) is 0.714. The van der Waals surface area contributed by atoms with Crippen LogP contribution in [0, 0.1) is 5.92 Å². The van der Waals surface area contributed by atoms with Gasteiger partial charge in [0.2, 0.25) is 0 Å². The maximum Gasteiger partial charge on any atom is 0.194 e. The summed E-state index contributed by atoms with van der Waals surface area (Å²) in [7, 11) is 1.78. The standard InChI is InChI=1S/C21H36N6O/c1-4-22-21(27-9-8-19(16-27)17-28-3)24-15-18-6-7-20(23-14-18)26-12-10-25(5-2)11-13-26/h6-7,14,19H,4-5,8-13,15-17H2,1-3H3,(H,22,24). The topological polar surface area (TPSA) is 56.2 Å². The van der Waals surface area contributed by atoms with Crippen molar-refractivity contribution in [1.29, 1.82) is 0 Å². The predicted molar refractivity (Wildman–Crippen MR) is 115 cm³/mol. The molecule has 2 aliphatic heterocycles. The molecule has 7 heteroatoms. The Balaban J connectivity index is 1.56. The van der Waals surface area contributed by atoms with E-state index in [9.17, 15) is 0 Å². The Hall–Kier alpha value is -1.86. The average molecular weight is 389 g/mol. The van der Waals surface area contributed by atoms with Gasteiger partial charge >= 0.3 is 0 Å². The Bertz CT molecular complexity index is 612. The molecule has 2 fully saturated rings. The van der Waals surface area contributed by atoms with E-state index in [1.165, 1.54) is 6.42 Å². The number of aliphatic imine (C=N–C) groups is 1. The molecule has 0 bridgehead atoms. The van der Waals surface area contributed by atoms with E-state index in [-0.39, 0.29) is 0 Å². The zero-order chi connectivity index (χ0) is 19.8. The third kappa shape index (κ3) is 5.58. The van der Waals surface area contributed by atoms with E-state index in [0.29, 0.717) is 12.5 Å². The number of nitrogens with zero attached hydrogens (tertiary/aromatic N) is 5. The lowest BCUT2D eigenvalue weighted by atomic mass is 10.1. The second kappa shape index (κ2) is 10.6. The molecule has 0 amide bonds. The van der Waals surface area contributed by atoms with E-state index in [2.05, 4.69) is 46.0 Å². The van der Waals surface area contributed by atoms with Gasteiger partial charge in [0.05, 0.1) is 13.2 Å². The maximum absolute atomic E-state index is 5.31. The number of rotatable bonds is 7. The van der Waals surface area contributed by atoms with Crippen molar-refractivity contribution in [3.8, 4) is 0 Å². The van der Waals surface area contributed by atoms with Crippen molar-refractivity contribution < 1.29 is 4.74 Å². The number of hydrogen-bond donors (Lipinski definition) is 1. The van der Waals surface area contributed by atoms with Gasteiger partial charge in [-0.15, -0.1) is 0 Å². The predicted octanol–water partition coefficient (Wildman–Crippen LogP) is 1.66. The molecule has 0 radical (unpaired) electrons. The molecule has 0 saturated carbocycles. The Morgan fingerprint density at radius 3 is 2.68 bits per heavy atom. The molecular weight excluding hydrogens is 352 g/mol. The Kier molecular flexibility index (Phi) is 7.91. The first-order valence-corrected chi connectivity index (χ1v) is 10.7. The molecule has 0 aromatic carbocycles. The van der Waals surface area contributed by atoms with Gasteiger partial charge in [-0.25, -0.2) is 9.98 Å². The lowest BCUT2D eigenvalue weighted by Gasteiger charge is -2.34. The lowest BCUT2D eigenvalue weighted by molar-refractivity contribution is 0.157. The van der Waals surface area contributed by atoms with Crippen LogP contribution in [-0.2, 0) is 11.3 Å². The summed E-state index contributed by atoms with van der Waals surface area (Å²) >= 11 is 0. The quantitative estimate of drug-likeness (QED) is 0.566. The molecule has 0 spiro atoms. The number of likely N-dealkylation sites (N-methyl/N-ethyl adjacent to an activating group) is 1. The monoisotopic (exact) mass is 388 g/mol. The van der Waals surface area contributed by atoms with Gasteiger partial charge in [0.25, 0.3) is 0 Å². The molecular formula is C21H36N6O. The molecule has 3 rings (SSSR count). The minimum Gasteiger partial charge on any atom is -0.384 e. The molecule has 28 heavy (non-hydrogen) atoms. The summed E-state index contributed by atoms with van der Waals surface area (Å²) in [6, 6.07) is 4.31. The highest BCUT2D eigenvalue weighted by Crippen LogP contribution is 2.17. The Morgan fingerprint density at radius 2 is 2.04 bits per heavy atom. The third-order valence-electron chi connectivity index (χ3n) is 5.69. The van der Waals surface area contributed by atoms with Crippen LogP contribution in [0.4, 0.5) is 5.82 Å². The number of anilines is 1. The fourth-order valence-corrected chi connectivity index (χ4v) is 3.98. The minimum atomic E-state index is 0.600. The average Bonchev–Trinajstić information content (AvgIpc) is 3.20. The van der Waals surface area contributed by atoms with Crippen LogP contribution in [0.15, 0.2) is 23.3 Å². The summed E-state index contributed by atoms with van der Waals surface area (Å²) < 4.78 is 5.31. The van der Waals surface area contributed by atoms with Crippen LogP contribution in [-0.4, -0.2) is 86.8 Å². The molecule has 1 N–H and O–H groups in total. The number of pyridine rings is 1. The van der Waals surface area contributed by atoms with Crippen LogP contribution < -0.4 is 10.2 Å². The van der Waals surface area contributed by atoms with Crippen LogP contribution >= 0.6 is 0 Å². The smallest absolute Gasteiger partial charge is 0.194 e. The van der Waals surface area contributed by atoms with E-state index in [1.54, 1.807) is 7.11 Å². The van der Waals surface area contributed by atoms with Crippen LogP contribution in [0.25, 0.3) is 0 Å². The molecule has 156 valence electrons. The SMILES string of the molecule is CCNC(=NCc1ccc(N2CCN(CC)CC2)nc1)N1CCC(COC)C1. The highest BCUT2D eigenvalue weighted by molar-refractivity contribution is 5.80. The number of likely N-dealkylation sites (tertiary alicyclic amines) is 1. The summed E-state index contributed by atoms with van der Waals surface area (Å²) in [6.45, 7) is 14.3. The molecule has 1 aromatic rings. The van der Waals surface area contributed by atoms with Crippen LogP contribution in [0.5, 0.6) is 0 Å². The third-order valence-corrected chi connectivity index (χ3v) is 5.69. The second-order valence-electron chi connectivity index (χ2n) is 7.67. The van der Waals surface area contributed by atoms with Crippen molar-refractivity contribution in [2.24, 2.45) is 10.9 Å². The van der Waals surface area contributed by atoms with Gasteiger partial charge in [-0.3, -0.25) is 0 Å². The molecule has 2 aliphatic rings. The van der Waals surface area contributed by atoms with Crippen LogP contribution in [0.2, 0.25) is 0 Å². The molecule has 1 unspecified atom stereocenters. The highest BCUT2D eigenvalue weighted by atomic mass is 16.5. The van der Waals surface area contributed by atoms with Gasteiger partial charge in [-0.2, -0.15) is 0 Å². The number of piperazine rings is 1. The normalized spacial score (nSPS) is 21.4. The summed E-state index contributed by atoms with van der Waals surface area (Å²) in [5, 5.41) is 3.43. The lowest BCUT2D eigenvalue weighted by Crippen LogP contribution is -2.46. The van der Waals surface area contributed by atoms with Gasteiger partial charge < -0.3 is 24.8 Å². The molecule has 1 aromatic heterocycles. The van der Waals surface area contributed by atoms with Gasteiger partial charge in [-0.1, -0.05) is 13.0 Å². The fourth-order valence-electron chi connectivity index (χ4n) is 3.98. The van der Waals surface area contributed by atoms with E-state index < -0.39 is 0 Å².